The molecule has 1 aromatic heterocycles. The molecule has 0 saturated carbocycles. The number of amides is 1. The van der Waals surface area contributed by atoms with Crippen LogP contribution < -0.4 is 10.9 Å². The number of nitrogens with zero attached hydrogens (tertiary/aromatic N) is 3. The lowest BCUT2D eigenvalue weighted by atomic mass is 9.89. The predicted molar refractivity (Wildman–Crippen MR) is 171 cm³/mol. The maximum absolute atomic E-state index is 15.8. The third-order valence-corrected chi connectivity index (χ3v) is 8.56. The number of carbonyl (C=O) groups is 2. The minimum Gasteiger partial charge on any atom is -0.481 e. The molecule has 260 valence electrons. The number of hydrogen-bond acceptors (Lipinski definition) is 5. The second kappa shape index (κ2) is 14.6. The van der Waals surface area contributed by atoms with Crippen LogP contribution in [0.5, 0.6) is 0 Å². The Morgan fingerprint density at radius 2 is 1.65 bits per heavy atom. The smallest absolute Gasteiger partial charge is 0.419 e. The van der Waals surface area contributed by atoms with Gasteiger partial charge in [-0.1, -0.05) is 31.5 Å². The second-order valence-corrected chi connectivity index (χ2v) is 13.2. The molecule has 0 radical (unpaired) electrons. The minimum atomic E-state index is -5.13. The van der Waals surface area contributed by atoms with Crippen molar-refractivity contribution in [3.63, 3.8) is 0 Å². The van der Waals surface area contributed by atoms with E-state index >= 15 is 4.39 Å². The lowest BCUT2D eigenvalue weighted by molar-refractivity contribution is -0.140. The molecule has 1 fully saturated rings. The van der Waals surface area contributed by atoms with E-state index in [9.17, 15) is 37.1 Å². The Hall–Kier alpha value is -4.13. The fourth-order valence-corrected chi connectivity index (χ4v) is 6.35. The number of rotatable bonds is 12. The van der Waals surface area contributed by atoms with Crippen molar-refractivity contribution in [2.24, 2.45) is 5.92 Å². The van der Waals surface area contributed by atoms with Gasteiger partial charge < -0.3 is 10.4 Å². The number of hydrogen-bond donors (Lipinski definition) is 2. The van der Waals surface area contributed by atoms with Crippen molar-refractivity contribution in [1.29, 1.82) is 0 Å². The highest BCUT2D eigenvalue weighted by molar-refractivity contribution is 5.82. The van der Waals surface area contributed by atoms with Gasteiger partial charge in [0.2, 0.25) is 5.91 Å². The van der Waals surface area contributed by atoms with Gasteiger partial charge in [0.25, 0.3) is 5.56 Å². The van der Waals surface area contributed by atoms with E-state index in [1.54, 1.807) is 46.8 Å². The van der Waals surface area contributed by atoms with Gasteiger partial charge in [0.05, 0.1) is 23.7 Å². The van der Waals surface area contributed by atoms with Crippen LogP contribution in [0.25, 0.3) is 11.1 Å². The van der Waals surface area contributed by atoms with Crippen molar-refractivity contribution in [3.05, 3.63) is 85.6 Å². The van der Waals surface area contributed by atoms with Crippen LogP contribution in [-0.2, 0) is 22.2 Å². The predicted octanol–water partition coefficient (Wildman–Crippen LogP) is 6.42. The third kappa shape index (κ3) is 8.47. The molecule has 1 aliphatic heterocycles. The van der Waals surface area contributed by atoms with Crippen molar-refractivity contribution >= 4 is 11.9 Å². The number of alkyl halides is 4. The van der Waals surface area contributed by atoms with Crippen molar-refractivity contribution in [1.82, 2.24) is 20.0 Å². The molecule has 0 unspecified atom stereocenters. The van der Waals surface area contributed by atoms with E-state index in [4.69, 9.17) is 0 Å². The summed E-state index contributed by atoms with van der Waals surface area (Å²) in [6, 6.07) is 3.68. The van der Waals surface area contributed by atoms with Crippen LogP contribution in [0.15, 0.2) is 35.1 Å². The first-order valence-electron chi connectivity index (χ1n) is 15.8. The Labute approximate surface area is 276 Å². The summed E-state index contributed by atoms with van der Waals surface area (Å²) in [7, 11) is 0. The lowest BCUT2D eigenvalue weighted by Crippen LogP contribution is -2.49. The van der Waals surface area contributed by atoms with E-state index in [1.807, 2.05) is 11.8 Å². The van der Waals surface area contributed by atoms with E-state index in [0.29, 0.717) is 60.1 Å². The van der Waals surface area contributed by atoms with Gasteiger partial charge in [-0.25, -0.2) is 13.5 Å². The summed E-state index contributed by atoms with van der Waals surface area (Å²) in [6.45, 7) is 11.6. The Morgan fingerprint density at radius 1 is 1.02 bits per heavy atom. The minimum absolute atomic E-state index is 0.0134. The van der Waals surface area contributed by atoms with Crippen LogP contribution in [-0.4, -0.2) is 57.5 Å². The first kappa shape index (κ1) is 36.7. The number of likely N-dealkylation sites (tertiary alicyclic amines) is 1. The summed E-state index contributed by atoms with van der Waals surface area (Å²) in [5.74, 6) is -4.27. The van der Waals surface area contributed by atoms with E-state index < -0.39 is 65.2 Å². The van der Waals surface area contributed by atoms with Crippen molar-refractivity contribution in [3.8, 4) is 11.1 Å². The number of halogens is 5. The second-order valence-electron chi connectivity index (χ2n) is 13.2. The molecule has 1 amide bonds. The molecule has 13 heteroatoms. The quantitative estimate of drug-likeness (QED) is 0.215. The third-order valence-electron chi connectivity index (χ3n) is 8.56. The maximum Gasteiger partial charge on any atom is 0.419 e. The van der Waals surface area contributed by atoms with E-state index in [-0.39, 0.29) is 17.9 Å². The summed E-state index contributed by atoms with van der Waals surface area (Å²) in [5, 5.41) is 16.7. The Morgan fingerprint density at radius 3 is 2.19 bits per heavy atom. The highest BCUT2D eigenvalue weighted by atomic mass is 19.4. The topological polar surface area (TPSA) is 105 Å². The van der Waals surface area contributed by atoms with Gasteiger partial charge in [-0.2, -0.15) is 18.3 Å². The van der Waals surface area contributed by atoms with Crippen molar-refractivity contribution in [2.45, 2.75) is 85.2 Å². The number of aromatic nitrogens is 2. The van der Waals surface area contributed by atoms with Crippen LogP contribution in [0.1, 0.15) is 77.8 Å². The van der Waals surface area contributed by atoms with E-state index in [2.05, 4.69) is 10.4 Å². The monoisotopic (exact) mass is 676 g/mol. The molecule has 0 bridgehead atoms. The molecule has 8 nitrogen and oxygen atoms in total. The highest BCUT2D eigenvalue weighted by Crippen LogP contribution is 2.40. The average molecular weight is 677 g/mol. The normalized spacial score (nSPS) is 15.3. The Bertz CT molecular complexity index is 1720. The van der Waals surface area contributed by atoms with Crippen LogP contribution in [0.4, 0.5) is 22.0 Å². The summed E-state index contributed by atoms with van der Waals surface area (Å²) in [4.78, 5) is 41.0. The molecule has 2 atom stereocenters. The SMILES string of the molecule is Cc1cc(C)c(-c2cc([C@H](CC(=O)O)NC(=O)[C@H](CC(C)C)n3nc(CCN4CC(F)C4)c(C)cc3=O)c(F)c(C(F)(F)F)c2)c(C)c1. The number of carbonyl (C=O) groups excluding carboxylic acids is 1. The molecule has 1 aliphatic rings. The van der Waals surface area contributed by atoms with Crippen molar-refractivity contribution in [2.75, 3.05) is 19.6 Å². The van der Waals surface area contributed by atoms with E-state index in [1.165, 1.54) is 6.07 Å². The van der Waals surface area contributed by atoms with Gasteiger partial charge in [-0.3, -0.25) is 19.3 Å². The number of benzene rings is 2. The lowest BCUT2D eigenvalue weighted by Gasteiger charge is -2.34. The molecule has 0 aliphatic carbocycles. The molecular formula is C35H41F5N4O4. The molecule has 4 rings (SSSR count). The first-order valence-corrected chi connectivity index (χ1v) is 15.8. The van der Waals surface area contributed by atoms with Gasteiger partial charge >= 0.3 is 12.1 Å². The molecule has 1 saturated heterocycles. The molecule has 3 aromatic rings. The Kier molecular flexibility index (Phi) is 11.1. The van der Waals surface area contributed by atoms with Gasteiger partial charge in [0.15, 0.2) is 0 Å². The molecule has 2 heterocycles. The summed E-state index contributed by atoms with van der Waals surface area (Å²) in [6.07, 6.45) is -6.53. The molecular weight excluding hydrogens is 635 g/mol. The fraction of sp³-hybridized carbons (Fsp3) is 0.486. The number of carboxylic acids is 1. The first-order chi connectivity index (χ1) is 22.3. The van der Waals surface area contributed by atoms with Crippen LogP contribution in [0.2, 0.25) is 0 Å². The van der Waals surface area contributed by atoms with Gasteiger partial charge in [0.1, 0.15) is 18.0 Å². The standard InChI is InChI=1S/C35H41F5N4O4/c1-18(2)9-29(44-30(45)12-20(4)27(42-44)7-8-43-16-24(36)17-43)34(48)41-28(15-31(46)47)25-13-23(14-26(33(25)37)35(38,39)40)32-21(5)10-19(3)11-22(32)6/h10-14,18,24,28-29H,7-9,15-17H2,1-6H3,(H,41,48)(H,46,47)/t28-,29-/m0/s1. The van der Waals surface area contributed by atoms with Crippen LogP contribution >= 0.6 is 0 Å². The summed E-state index contributed by atoms with van der Waals surface area (Å²) < 4.78 is 72.8. The fourth-order valence-electron chi connectivity index (χ4n) is 6.35. The zero-order valence-corrected chi connectivity index (χ0v) is 27.8. The molecule has 0 spiro atoms. The average Bonchev–Trinajstić information content (AvgIpc) is 2.93. The zero-order chi connectivity index (χ0) is 35.7. The number of aryl methyl sites for hydroxylation is 4. The molecule has 2 aromatic carbocycles. The summed E-state index contributed by atoms with van der Waals surface area (Å²) in [5.41, 5.74) is 0.784. The Balaban J connectivity index is 1.79. The zero-order valence-electron chi connectivity index (χ0n) is 27.8. The largest absolute Gasteiger partial charge is 0.481 e. The van der Waals surface area contributed by atoms with Gasteiger partial charge in [0, 0.05) is 37.7 Å². The van der Waals surface area contributed by atoms with Crippen molar-refractivity contribution < 1.29 is 36.6 Å². The number of nitrogens with one attached hydrogen (secondary N) is 1. The number of carboxylic acid groups (broad SMARTS) is 1. The van der Waals surface area contributed by atoms with Gasteiger partial charge in [-0.15, -0.1) is 0 Å². The number of aliphatic carboxylic acids is 1. The van der Waals surface area contributed by atoms with E-state index in [0.717, 1.165) is 16.3 Å². The maximum atomic E-state index is 15.8. The van der Waals surface area contributed by atoms with Crippen LogP contribution in [0.3, 0.4) is 0 Å². The van der Waals surface area contributed by atoms with Gasteiger partial charge in [-0.05, 0) is 80.0 Å². The van der Waals surface area contributed by atoms with Crippen LogP contribution in [0, 0.1) is 39.4 Å². The summed E-state index contributed by atoms with van der Waals surface area (Å²) >= 11 is 0. The molecule has 2 N–H and O–H groups in total. The molecule has 48 heavy (non-hydrogen) atoms. The highest BCUT2D eigenvalue weighted by Gasteiger charge is 2.38.